The summed E-state index contributed by atoms with van der Waals surface area (Å²) in [5, 5.41) is -0.524. The highest BCUT2D eigenvalue weighted by atomic mass is 32.2. The molecule has 4 heterocycles. The number of amides is 2. The van der Waals surface area contributed by atoms with Crippen LogP contribution in [0.1, 0.15) is 93.3 Å². The number of carbonyl (C=O) groups excluding carboxylic acids is 2. The molecule has 0 radical (unpaired) electrons. The zero-order valence-corrected chi connectivity index (χ0v) is 29.9. The van der Waals surface area contributed by atoms with Crippen molar-refractivity contribution < 1.29 is 31.9 Å². The first kappa shape index (κ1) is 34.4. The number of ether oxygens (including phenoxy) is 2. The third kappa shape index (κ3) is 7.67. The van der Waals surface area contributed by atoms with Crippen LogP contribution in [0.4, 0.5) is 10.6 Å². The normalized spacial score (nSPS) is 24.3. The smallest absolute Gasteiger partial charge is 0.410 e. The van der Waals surface area contributed by atoms with Gasteiger partial charge in [0.15, 0.2) is 15.7 Å². The Morgan fingerprint density at radius 1 is 0.960 bits per heavy atom. The number of pyridine rings is 2. The number of rotatable bonds is 10. The van der Waals surface area contributed by atoms with Crippen LogP contribution in [-0.2, 0) is 19.4 Å². The molecule has 13 heteroatoms. The van der Waals surface area contributed by atoms with Crippen LogP contribution in [0.25, 0.3) is 11.3 Å². The highest BCUT2D eigenvalue weighted by Crippen LogP contribution is 2.41. The minimum atomic E-state index is -3.17. The highest BCUT2D eigenvalue weighted by molar-refractivity contribution is 7.91. The summed E-state index contributed by atoms with van der Waals surface area (Å²) in [6.07, 6.45) is 12.4. The van der Waals surface area contributed by atoms with E-state index in [1.165, 1.54) is 11.2 Å². The Balaban J connectivity index is 1.02. The average molecular weight is 706 g/mol. The van der Waals surface area contributed by atoms with E-state index < -0.39 is 21.2 Å². The summed E-state index contributed by atoms with van der Waals surface area (Å²) in [6.45, 7) is 2.89. The molecule has 3 aromatic rings. The Bertz CT molecular complexity index is 1800. The molecule has 0 atom stereocenters. The summed E-state index contributed by atoms with van der Waals surface area (Å²) in [7, 11) is -1.51. The summed E-state index contributed by atoms with van der Waals surface area (Å²) >= 11 is 0. The van der Waals surface area contributed by atoms with Crippen LogP contribution in [-0.4, -0.2) is 84.6 Å². The number of hydrogen-bond acceptors (Lipinski definition) is 10. The molecule has 4 fully saturated rings. The molecule has 2 amide bonds. The zero-order valence-electron chi connectivity index (χ0n) is 29.1. The van der Waals surface area contributed by atoms with Gasteiger partial charge in [-0.25, -0.2) is 23.2 Å². The van der Waals surface area contributed by atoms with Gasteiger partial charge >= 0.3 is 6.09 Å². The third-order valence-corrected chi connectivity index (χ3v) is 12.5. The van der Waals surface area contributed by atoms with Crippen LogP contribution in [0, 0.1) is 18.8 Å². The van der Waals surface area contributed by atoms with Gasteiger partial charge in [0.25, 0.3) is 0 Å². The molecule has 0 unspecified atom stereocenters. The lowest BCUT2D eigenvalue weighted by Crippen LogP contribution is -2.57. The van der Waals surface area contributed by atoms with Gasteiger partial charge in [-0.3, -0.25) is 14.7 Å². The molecule has 0 aromatic carbocycles. The third-order valence-electron chi connectivity index (χ3n) is 11.0. The van der Waals surface area contributed by atoms with E-state index in [1.54, 1.807) is 19.6 Å². The highest BCUT2D eigenvalue weighted by Gasteiger charge is 2.40. The first-order valence-electron chi connectivity index (χ1n) is 17.9. The van der Waals surface area contributed by atoms with Crippen LogP contribution in [0.3, 0.4) is 0 Å². The predicted octanol–water partition coefficient (Wildman–Crippen LogP) is 6.06. The lowest BCUT2D eigenvalue weighted by atomic mass is 9.79. The molecule has 50 heavy (non-hydrogen) atoms. The number of anilines is 1. The van der Waals surface area contributed by atoms with E-state index in [9.17, 15) is 18.0 Å². The number of oxazole rings is 1. The molecule has 0 spiro atoms. The van der Waals surface area contributed by atoms with E-state index >= 15 is 0 Å². The molecule has 1 saturated heterocycles. The van der Waals surface area contributed by atoms with Crippen molar-refractivity contribution in [3.8, 4) is 17.0 Å². The molecule has 3 aliphatic carbocycles. The van der Waals surface area contributed by atoms with Crippen molar-refractivity contribution in [3.05, 3.63) is 54.0 Å². The van der Waals surface area contributed by atoms with Gasteiger partial charge < -0.3 is 18.8 Å². The largest absolute Gasteiger partial charge is 0.495 e. The lowest BCUT2D eigenvalue weighted by molar-refractivity contribution is -0.124. The predicted molar refractivity (Wildman–Crippen MR) is 187 cm³/mol. The number of methoxy groups -OCH3 is 1. The second-order valence-corrected chi connectivity index (χ2v) is 17.0. The Hall–Kier alpha value is -4.00. The van der Waals surface area contributed by atoms with Gasteiger partial charge in [0.2, 0.25) is 5.91 Å². The number of likely N-dealkylation sites (tertiary alicyclic amines) is 1. The summed E-state index contributed by atoms with van der Waals surface area (Å²) < 4.78 is 40.4. The van der Waals surface area contributed by atoms with E-state index in [1.807, 2.05) is 30.0 Å². The maximum absolute atomic E-state index is 14.4. The SMILES string of the molecule is COc1ccc([C@H]2CC[C@H](CN(c3cc(-c4coc(C5CC5)n4)ccn3)C(=O)[C@H]3CC[C@H](OC(=O)N4CC(S(C)(=O)=O)C4)CC3)CC2)nc1C. The molecule has 268 valence electrons. The Morgan fingerprint density at radius 3 is 2.34 bits per heavy atom. The Kier molecular flexibility index (Phi) is 9.87. The van der Waals surface area contributed by atoms with Crippen LogP contribution >= 0.6 is 0 Å². The summed E-state index contributed by atoms with van der Waals surface area (Å²) in [5.41, 5.74) is 3.62. The fourth-order valence-corrected chi connectivity index (χ4v) is 8.49. The summed E-state index contributed by atoms with van der Waals surface area (Å²) in [6, 6.07) is 7.93. The minimum absolute atomic E-state index is 0.0477. The molecule has 12 nitrogen and oxygen atoms in total. The minimum Gasteiger partial charge on any atom is -0.495 e. The van der Waals surface area contributed by atoms with Gasteiger partial charge in [0.1, 0.15) is 29.6 Å². The Labute approximate surface area is 293 Å². The first-order chi connectivity index (χ1) is 24.1. The van der Waals surface area contributed by atoms with Crippen molar-refractivity contribution >= 4 is 27.7 Å². The average Bonchev–Trinajstić information content (AvgIpc) is 3.82. The van der Waals surface area contributed by atoms with Crippen molar-refractivity contribution in [3.63, 3.8) is 0 Å². The number of hydrogen-bond donors (Lipinski definition) is 0. The van der Waals surface area contributed by atoms with Gasteiger partial charge in [0, 0.05) is 61.1 Å². The molecule has 3 aromatic heterocycles. The molecule has 0 bridgehead atoms. The van der Waals surface area contributed by atoms with Crippen molar-refractivity contribution in [1.82, 2.24) is 19.9 Å². The molecule has 3 saturated carbocycles. The van der Waals surface area contributed by atoms with Crippen molar-refractivity contribution in [2.45, 2.75) is 94.3 Å². The number of aryl methyl sites for hydroxylation is 1. The maximum Gasteiger partial charge on any atom is 0.410 e. The molecular weight excluding hydrogens is 659 g/mol. The number of sulfone groups is 1. The van der Waals surface area contributed by atoms with E-state index in [-0.39, 0.29) is 31.0 Å². The van der Waals surface area contributed by atoms with Crippen molar-refractivity contribution in [2.24, 2.45) is 11.8 Å². The van der Waals surface area contributed by atoms with Crippen LogP contribution in [0.2, 0.25) is 0 Å². The van der Waals surface area contributed by atoms with Crippen LogP contribution < -0.4 is 9.64 Å². The second-order valence-electron chi connectivity index (χ2n) is 14.7. The molecule has 1 aliphatic heterocycles. The van der Waals surface area contributed by atoms with Crippen molar-refractivity contribution in [2.75, 3.05) is 37.9 Å². The van der Waals surface area contributed by atoms with E-state index in [0.29, 0.717) is 55.8 Å². The maximum atomic E-state index is 14.4. The van der Waals surface area contributed by atoms with E-state index in [2.05, 4.69) is 6.07 Å². The lowest BCUT2D eigenvalue weighted by Gasteiger charge is -2.39. The fourth-order valence-electron chi connectivity index (χ4n) is 7.59. The standard InChI is InChI=1S/C37H47N5O7S/c1-23-33(47-2)15-14-31(39-23)25-6-4-24(5-7-25)19-42(34-18-28(16-17-38-34)32-22-48-35(40-32)26-8-9-26)36(43)27-10-12-29(13-11-27)49-37(44)41-20-30(21-41)50(3,45)46/h14-18,22,24-27,29-30H,4-13,19-21H2,1-3H3/t24-,25-,27-,29-. The molecule has 7 rings (SSSR count). The van der Waals surface area contributed by atoms with E-state index in [4.69, 9.17) is 28.8 Å². The van der Waals surface area contributed by atoms with Gasteiger partial charge in [-0.1, -0.05) is 0 Å². The first-order valence-corrected chi connectivity index (χ1v) is 19.9. The number of carbonyl (C=O) groups is 2. The second kappa shape index (κ2) is 14.3. The molecule has 4 aliphatic rings. The summed E-state index contributed by atoms with van der Waals surface area (Å²) in [5.74, 6) is 3.11. The summed E-state index contributed by atoms with van der Waals surface area (Å²) in [4.78, 5) is 44.6. The molecular formula is C37H47N5O7S. The number of aromatic nitrogens is 3. The van der Waals surface area contributed by atoms with Crippen LogP contribution in [0.15, 0.2) is 41.1 Å². The fraction of sp³-hybridized carbons (Fsp3) is 0.595. The quantitative estimate of drug-likeness (QED) is 0.244. The van der Waals surface area contributed by atoms with Gasteiger partial charge in [0.05, 0.1) is 18.1 Å². The van der Waals surface area contributed by atoms with Gasteiger partial charge in [-0.15, -0.1) is 0 Å². The van der Waals surface area contributed by atoms with Crippen LogP contribution in [0.5, 0.6) is 5.75 Å². The molecule has 0 N–H and O–H groups in total. The van der Waals surface area contributed by atoms with Gasteiger partial charge in [-0.2, -0.15) is 0 Å². The number of nitrogens with zero attached hydrogens (tertiary/aromatic N) is 5. The topological polar surface area (TPSA) is 145 Å². The monoisotopic (exact) mass is 705 g/mol. The van der Waals surface area contributed by atoms with E-state index in [0.717, 1.165) is 72.8 Å². The van der Waals surface area contributed by atoms with Gasteiger partial charge in [-0.05, 0) is 101 Å². The van der Waals surface area contributed by atoms with Crippen molar-refractivity contribution in [1.29, 1.82) is 0 Å². The Morgan fingerprint density at radius 2 is 1.68 bits per heavy atom. The zero-order chi connectivity index (χ0) is 35.0.